The first-order chi connectivity index (χ1) is 9.00. The van der Waals surface area contributed by atoms with Crippen molar-refractivity contribution in [2.75, 3.05) is 7.05 Å². The van der Waals surface area contributed by atoms with E-state index in [1.165, 1.54) is 24.4 Å². The van der Waals surface area contributed by atoms with E-state index in [9.17, 15) is 9.59 Å². The fourth-order valence-electron chi connectivity index (χ4n) is 2.03. The van der Waals surface area contributed by atoms with E-state index in [0.29, 0.717) is 5.92 Å². The first-order valence-electron chi connectivity index (χ1n) is 6.31. The minimum atomic E-state index is -1.01. The number of rotatable bonds is 4. The summed E-state index contributed by atoms with van der Waals surface area (Å²) in [6.07, 6.45) is 0.908. The molecule has 19 heavy (non-hydrogen) atoms. The van der Waals surface area contributed by atoms with Crippen LogP contribution in [0.2, 0.25) is 0 Å². The van der Waals surface area contributed by atoms with E-state index in [1.54, 1.807) is 0 Å². The number of carboxylic acids is 1. The van der Waals surface area contributed by atoms with Gasteiger partial charge in [0.1, 0.15) is 6.04 Å². The summed E-state index contributed by atoms with van der Waals surface area (Å²) in [5.41, 5.74) is 1.21. The van der Waals surface area contributed by atoms with Gasteiger partial charge < -0.3 is 15.3 Å². The quantitative estimate of drug-likeness (QED) is 0.867. The Bertz CT molecular complexity index is 475. The van der Waals surface area contributed by atoms with E-state index < -0.39 is 12.0 Å². The van der Waals surface area contributed by atoms with Gasteiger partial charge in [-0.3, -0.25) is 0 Å². The van der Waals surface area contributed by atoms with Crippen LogP contribution in [-0.4, -0.2) is 41.1 Å². The number of amides is 2. The first kappa shape index (κ1) is 13.4. The maximum Gasteiger partial charge on any atom is 0.326 e. The van der Waals surface area contributed by atoms with Gasteiger partial charge >= 0.3 is 12.0 Å². The van der Waals surface area contributed by atoms with E-state index in [2.05, 4.69) is 5.32 Å². The zero-order valence-electron chi connectivity index (χ0n) is 11.0. The number of carboxylic acid groups (broad SMARTS) is 1. The van der Waals surface area contributed by atoms with Crippen molar-refractivity contribution in [1.29, 1.82) is 0 Å². The van der Waals surface area contributed by atoms with Crippen LogP contribution in [0.25, 0.3) is 0 Å². The van der Waals surface area contributed by atoms with Crippen LogP contribution in [0.5, 0.6) is 0 Å². The molecule has 0 bridgehead atoms. The normalized spacial score (nSPS) is 22.4. The molecule has 102 valence electrons. The number of urea groups is 1. The summed E-state index contributed by atoms with van der Waals surface area (Å²) in [5.74, 6) is -0.660. The lowest BCUT2D eigenvalue weighted by Crippen LogP contribution is -2.46. The smallest absolute Gasteiger partial charge is 0.326 e. The van der Waals surface area contributed by atoms with Crippen LogP contribution in [-0.2, 0) is 4.79 Å². The standard InChI is InChI=1S/C14H18N2O3/c1-9(13(17)18)16(2)14(19)15-12-8-11(12)10-6-4-3-5-7-10/h3-7,9,11-12H,8H2,1-2H3,(H,15,19)(H,17,18). The van der Waals surface area contributed by atoms with Gasteiger partial charge in [-0.25, -0.2) is 9.59 Å². The molecular formula is C14H18N2O3. The molecule has 1 aliphatic carbocycles. The lowest BCUT2D eigenvalue weighted by atomic mass is 10.1. The Kier molecular flexibility index (Phi) is 3.74. The van der Waals surface area contributed by atoms with E-state index in [1.807, 2.05) is 30.3 Å². The van der Waals surface area contributed by atoms with Gasteiger partial charge in [0.15, 0.2) is 0 Å². The molecule has 0 heterocycles. The molecule has 0 radical (unpaired) electrons. The van der Waals surface area contributed by atoms with Crippen molar-refractivity contribution >= 4 is 12.0 Å². The second-order valence-corrected chi connectivity index (χ2v) is 4.93. The molecule has 1 saturated carbocycles. The maximum absolute atomic E-state index is 11.9. The van der Waals surface area contributed by atoms with Gasteiger partial charge in [0.05, 0.1) is 0 Å². The van der Waals surface area contributed by atoms with Crippen LogP contribution in [0.3, 0.4) is 0 Å². The SMILES string of the molecule is CC(C(=O)O)N(C)C(=O)NC1CC1c1ccccc1. The third-order valence-corrected chi connectivity index (χ3v) is 3.59. The maximum atomic E-state index is 11.9. The van der Waals surface area contributed by atoms with Gasteiger partial charge in [-0.2, -0.15) is 0 Å². The first-order valence-corrected chi connectivity index (χ1v) is 6.31. The Hall–Kier alpha value is -2.04. The molecule has 0 aliphatic heterocycles. The molecule has 1 aromatic carbocycles. The van der Waals surface area contributed by atoms with Crippen molar-refractivity contribution in [1.82, 2.24) is 10.2 Å². The minimum Gasteiger partial charge on any atom is -0.480 e. The Morgan fingerprint density at radius 3 is 2.58 bits per heavy atom. The highest BCUT2D eigenvalue weighted by Crippen LogP contribution is 2.40. The second-order valence-electron chi connectivity index (χ2n) is 4.93. The summed E-state index contributed by atoms with van der Waals surface area (Å²) in [5, 5.41) is 11.7. The molecule has 2 N–H and O–H groups in total. The molecule has 5 heteroatoms. The van der Waals surface area contributed by atoms with Gasteiger partial charge in [-0.15, -0.1) is 0 Å². The Balaban J connectivity index is 1.87. The Morgan fingerprint density at radius 1 is 1.37 bits per heavy atom. The third kappa shape index (κ3) is 3.05. The van der Waals surface area contributed by atoms with Gasteiger partial charge in [0.2, 0.25) is 0 Å². The predicted octanol–water partition coefficient (Wildman–Crippen LogP) is 1.66. The van der Waals surface area contributed by atoms with Crippen LogP contribution in [0.15, 0.2) is 30.3 Å². The number of hydrogen-bond acceptors (Lipinski definition) is 2. The van der Waals surface area contributed by atoms with Crippen molar-refractivity contribution < 1.29 is 14.7 Å². The highest BCUT2D eigenvalue weighted by atomic mass is 16.4. The van der Waals surface area contributed by atoms with Crippen molar-refractivity contribution in [3.63, 3.8) is 0 Å². The molecule has 1 aliphatic rings. The molecule has 1 fully saturated rings. The summed E-state index contributed by atoms with van der Waals surface area (Å²) < 4.78 is 0. The number of aliphatic carboxylic acids is 1. The summed E-state index contributed by atoms with van der Waals surface area (Å²) in [6, 6.07) is 8.95. The molecule has 2 amide bonds. The monoisotopic (exact) mass is 262 g/mol. The molecule has 0 aromatic heterocycles. The van der Waals surface area contributed by atoms with Gasteiger partial charge in [0, 0.05) is 19.0 Å². The highest BCUT2D eigenvalue weighted by molar-refractivity contribution is 5.82. The Labute approximate surface area is 112 Å². The molecule has 1 aromatic rings. The summed E-state index contributed by atoms with van der Waals surface area (Å²) in [6.45, 7) is 1.49. The van der Waals surface area contributed by atoms with Crippen molar-refractivity contribution in [3.8, 4) is 0 Å². The number of nitrogens with one attached hydrogen (secondary N) is 1. The van der Waals surface area contributed by atoms with Crippen LogP contribution in [0.1, 0.15) is 24.8 Å². The van der Waals surface area contributed by atoms with Gasteiger partial charge in [-0.1, -0.05) is 30.3 Å². The number of hydrogen-bond donors (Lipinski definition) is 2. The second kappa shape index (κ2) is 5.30. The highest BCUT2D eigenvalue weighted by Gasteiger charge is 2.40. The average Bonchev–Trinajstić information content (AvgIpc) is 3.17. The fourth-order valence-corrected chi connectivity index (χ4v) is 2.03. The largest absolute Gasteiger partial charge is 0.480 e. The number of nitrogens with zero attached hydrogens (tertiary/aromatic N) is 1. The topological polar surface area (TPSA) is 69.6 Å². The van der Waals surface area contributed by atoms with E-state index in [4.69, 9.17) is 5.11 Å². The van der Waals surface area contributed by atoms with Crippen LogP contribution in [0, 0.1) is 0 Å². The van der Waals surface area contributed by atoms with Crippen molar-refractivity contribution in [2.24, 2.45) is 0 Å². The van der Waals surface area contributed by atoms with Crippen molar-refractivity contribution in [3.05, 3.63) is 35.9 Å². The average molecular weight is 262 g/mol. The van der Waals surface area contributed by atoms with Gasteiger partial charge in [0.25, 0.3) is 0 Å². The Morgan fingerprint density at radius 2 is 2.00 bits per heavy atom. The molecular weight excluding hydrogens is 244 g/mol. The minimum absolute atomic E-state index is 0.110. The number of carbonyl (C=O) groups is 2. The fraction of sp³-hybridized carbons (Fsp3) is 0.429. The summed E-state index contributed by atoms with van der Waals surface area (Å²) in [4.78, 5) is 23.9. The van der Waals surface area contributed by atoms with E-state index in [-0.39, 0.29) is 12.1 Å². The van der Waals surface area contributed by atoms with Crippen molar-refractivity contribution in [2.45, 2.75) is 31.3 Å². The predicted molar refractivity (Wildman–Crippen MR) is 71.0 cm³/mol. The van der Waals surface area contributed by atoms with Gasteiger partial charge in [-0.05, 0) is 18.9 Å². The summed E-state index contributed by atoms with van der Waals surface area (Å²) >= 11 is 0. The zero-order valence-corrected chi connectivity index (χ0v) is 11.0. The van der Waals surface area contributed by atoms with E-state index >= 15 is 0 Å². The molecule has 0 saturated heterocycles. The molecule has 2 rings (SSSR count). The third-order valence-electron chi connectivity index (χ3n) is 3.59. The van der Waals surface area contributed by atoms with Crippen LogP contribution >= 0.6 is 0 Å². The number of carbonyl (C=O) groups excluding carboxylic acids is 1. The molecule has 3 atom stereocenters. The lowest BCUT2D eigenvalue weighted by Gasteiger charge is -2.21. The zero-order chi connectivity index (χ0) is 14.0. The lowest BCUT2D eigenvalue weighted by molar-refractivity contribution is -0.141. The molecule has 0 spiro atoms. The molecule has 3 unspecified atom stereocenters. The van der Waals surface area contributed by atoms with Crippen LogP contribution < -0.4 is 5.32 Å². The summed E-state index contributed by atoms with van der Waals surface area (Å²) in [7, 11) is 1.49. The number of likely N-dealkylation sites (N-methyl/N-ethyl adjacent to an activating group) is 1. The van der Waals surface area contributed by atoms with E-state index in [0.717, 1.165) is 6.42 Å². The van der Waals surface area contributed by atoms with Crippen LogP contribution in [0.4, 0.5) is 4.79 Å². The number of benzene rings is 1. The molecule has 5 nitrogen and oxygen atoms in total.